The van der Waals surface area contributed by atoms with Gasteiger partial charge >= 0.3 is 0 Å². The number of benzene rings is 2. The molecule has 0 radical (unpaired) electrons. The molecule has 0 spiro atoms. The molecule has 1 fully saturated rings. The molecule has 3 aromatic rings. The first-order valence-corrected chi connectivity index (χ1v) is 12.9. The Morgan fingerprint density at radius 2 is 1.74 bits per heavy atom. The molecular weight excluding hydrogens is 462 g/mol. The standard InChI is InChI=1S/C26H31N5O3S/c1-18-8-12-20(13-9-18)28-24(32)17-35-26-30-29-23(31(26)21-6-4-3-5-7-21)16-27-25(33)19-10-14-22(34-2)15-11-19/h8-15,21H,3-7,16-17H2,1-2H3,(H,27,33)(H,28,32). The second-order valence-electron chi connectivity index (χ2n) is 8.67. The number of carbonyl (C=O) groups is 2. The van der Waals surface area contributed by atoms with Crippen molar-refractivity contribution in [2.45, 2.75) is 56.8 Å². The number of hydrogen-bond acceptors (Lipinski definition) is 6. The lowest BCUT2D eigenvalue weighted by atomic mass is 9.95. The summed E-state index contributed by atoms with van der Waals surface area (Å²) in [7, 11) is 1.59. The predicted molar refractivity (Wildman–Crippen MR) is 137 cm³/mol. The summed E-state index contributed by atoms with van der Waals surface area (Å²) in [5, 5.41) is 15.4. The molecule has 1 aliphatic rings. The van der Waals surface area contributed by atoms with Crippen LogP contribution in [-0.4, -0.2) is 39.4 Å². The molecule has 0 unspecified atom stereocenters. The van der Waals surface area contributed by atoms with E-state index in [-0.39, 0.29) is 30.2 Å². The summed E-state index contributed by atoms with van der Waals surface area (Å²) in [6.07, 6.45) is 5.61. The lowest BCUT2D eigenvalue weighted by molar-refractivity contribution is -0.113. The number of nitrogens with one attached hydrogen (secondary N) is 2. The van der Waals surface area contributed by atoms with Gasteiger partial charge in [0.05, 0.1) is 19.4 Å². The number of hydrogen-bond donors (Lipinski definition) is 2. The summed E-state index contributed by atoms with van der Waals surface area (Å²) in [4.78, 5) is 25.2. The Balaban J connectivity index is 1.42. The van der Waals surface area contributed by atoms with E-state index in [1.165, 1.54) is 18.2 Å². The molecule has 1 heterocycles. The molecule has 0 aliphatic heterocycles. The number of aryl methyl sites for hydroxylation is 1. The van der Waals surface area contributed by atoms with Crippen LogP contribution in [0.1, 0.15) is 59.9 Å². The van der Waals surface area contributed by atoms with Crippen LogP contribution >= 0.6 is 11.8 Å². The molecule has 1 aliphatic carbocycles. The highest BCUT2D eigenvalue weighted by molar-refractivity contribution is 7.99. The number of anilines is 1. The molecule has 1 aromatic heterocycles. The molecule has 2 amide bonds. The average molecular weight is 494 g/mol. The topological polar surface area (TPSA) is 98.1 Å². The first kappa shape index (κ1) is 24.8. The largest absolute Gasteiger partial charge is 0.497 e. The van der Waals surface area contributed by atoms with Crippen molar-refractivity contribution in [2.75, 3.05) is 18.2 Å². The summed E-state index contributed by atoms with van der Waals surface area (Å²) < 4.78 is 7.28. The minimum atomic E-state index is -0.183. The van der Waals surface area contributed by atoms with Crippen LogP contribution in [0.15, 0.2) is 53.7 Å². The summed E-state index contributed by atoms with van der Waals surface area (Å²) >= 11 is 1.38. The van der Waals surface area contributed by atoms with Crippen molar-refractivity contribution in [3.63, 3.8) is 0 Å². The van der Waals surface area contributed by atoms with Gasteiger partial charge in [-0.1, -0.05) is 48.7 Å². The van der Waals surface area contributed by atoms with Gasteiger partial charge in [0.15, 0.2) is 11.0 Å². The summed E-state index contributed by atoms with van der Waals surface area (Å²) in [6, 6.07) is 15.0. The fourth-order valence-electron chi connectivity index (χ4n) is 4.20. The van der Waals surface area contributed by atoms with E-state index in [2.05, 4.69) is 25.4 Å². The monoisotopic (exact) mass is 493 g/mol. The Kier molecular flexibility index (Phi) is 8.41. The predicted octanol–water partition coefficient (Wildman–Crippen LogP) is 4.76. The van der Waals surface area contributed by atoms with E-state index in [1.807, 2.05) is 31.2 Å². The van der Waals surface area contributed by atoms with Gasteiger partial charge in [0, 0.05) is 17.3 Å². The number of carbonyl (C=O) groups excluding carboxylic acids is 2. The maximum atomic E-state index is 12.7. The molecular formula is C26H31N5O3S. The van der Waals surface area contributed by atoms with Gasteiger partial charge < -0.3 is 19.9 Å². The number of rotatable bonds is 9. The van der Waals surface area contributed by atoms with E-state index < -0.39 is 0 Å². The summed E-state index contributed by atoms with van der Waals surface area (Å²) in [5.41, 5.74) is 2.47. The van der Waals surface area contributed by atoms with Crippen molar-refractivity contribution in [1.82, 2.24) is 20.1 Å². The molecule has 4 rings (SSSR count). The normalized spacial score (nSPS) is 13.9. The minimum Gasteiger partial charge on any atom is -0.497 e. The van der Waals surface area contributed by atoms with Crippen LogP contribution in [0, 0.1) is 6.92 Å². The van der Waals surface area contributed by atoms with Crippen molar-refractivity contribution < 1.29 is 14.3 Å². The van der Waals surface area contributed by atoms with Gasteiger partial charge in [-0.25, -0.2) is 0 Å². The van der Waals surface area contributed by atoms with Gasteiger partial charge in [-0.05, 0) is 56.2 Å². The van der Waals surface area contributed by atoms with E-state index in [4.69, 9.17) is 4.74 Å². The zero-order valence-corrected chi connectivity index (χ0v) is 20.9. The summed E-state index contributed by atoms with van der Waals surface area (Å²) in [6.45, 7) is 2.28. The van der Waals surface area contributed by atoms with Gasteiger partial charge in [-0.15, -0.1) is 10.2 Å². The number of nitrogens with zero attached hydrogens (tertiary/aromatic N) is 3. The summed E-state index contributed by atoms with van der Waals surface area (Å²) in [5.74, 6) is 1.37. The van der Waals surface area contributed by atoms with Crippen molar-refractivity contribution >= 4 is 29.3 Å². The van der Waals surface area contributed by atoms with E-state index in [0.717, 1.165) is 36.9 Å². The highest BCUT2D eigenvalue weighted by Gasteiger charge is 2.24. The Hall–Kier alpha value is -3.33. The quantitative estimate of drug-likeness (QED) is 0.417. The van der Waals surface area contributed by atoms with Gasteiger partial charge in [-0.2, -0.15) is 0 Å². The van der Waals surface area contributed by atoms with Crippen LogP contribution < -0.4 is 15.4 Å². The molecule has 9 heteroatoms. The van der Waals surface area contributed by atoms with Crippen molar-refractivity contribution in [2.24, 2.45) is 0 Å². The molecule has 2 aromatic carbocycles. The fourth-order valence-corrected chi connectivity index (χ4v) is 5.02. The first-order valence-electron chi connectivity index (χ1n) is 11.9. The molecule has 2 N–H and O–H groups in total. The highest BCUT2D eigenvalue weighted by atomic mass is 32.2. The van der Waals surface area contributed by atoms with E-state index in [9.17, 15) is 9.59 Å². The van der Waals surface area contributed by atoms with Crippen molar-refractivity contribution in [1.29, 1.82) is 0 Å². The maximum Gasteiger partial charge on any atom is 0.251 e. The van der Waals surface area contributed by atoms with Crippen LogP contribution in [0.2, 0.25) is 0 Å². The number of aromatic nitrogens is 3. The number of thioether (sulfide) groups is 1. The second kappa shape index (κ2) is 11.9. The smallest absolute Gasteiger partial charge is 0.251 e. The Morgan fingerprint density at radius 1 is 1.03 bits per heavy atom. The average Bonchev–Trinajstić information content (AvgIpc) is 3.30. The van der Waals surface area contributed by atoms with E-state index in [0.29, 0.717) is 22.3 Å². The number of amides is 2. The van der Waals surface area contributed by atoms with Gasteiger partial charge in [-0.3, -0.25) is 9.59 Å². The van der Waals surface area contributed by atoms with Crippen LogP contribution in [0.25, 0.3) is 0 Å². The Morgan fingerprint density at radius 3 is 2.43 bits per heavy atom. The SMILES string of the molecule is COc1ccc(C(=O)NCc2nnc(SCC(=O)Nc3ccc(C)cc3)n2C2CCCCC2)cc1. The van der Waals surface area contributed by atoms with E-state index in [1.54, 1.807) is 31.4 Å². The van der Waals surface area contributed by atoms with Crippen LogP contribution in [0.4, 0.5) is 5.69 Å². The fraction of sp³-hybridized carbons (Fsp3) is 0.385. The van der Waals surface area contributed by atoms with Crippen LogP contribution in [0.5, 0.6) is 5.75 Å². The minimum absolute atomic E-state index is 0.0913. The third kappa shape index (κ3) is 6.63. The Labute approximate surface area is 209 Å². The third-order valence-electron chi connectivity index (χ3n) is 6.10. The van der Waals surface area contributed by atoms with Gasteiger partial charge in [0.1, 0.15) is 5.75 Å². The Bertz CT molecular complexity index is 1140. The van der Waals surface area contributed by atoms with E-state index >= 15 is 0 Å². The molecule has 0 saturated heterocycles. The third-order valence-corrected chi connectivity index (χ3v) is 7.05. The first-order chi connectivity index (χ1) is 17.0. The lowest BCUT2D eigenvalue weighted by Crippen LogP contribution is -2.26. The molecule has 1 saturated carbocycles. The van der Waals surface area contributed by atoms with Crippen LogP contribution in [-0.2, 0) is 11.3 Å². The van der Waals surface area contributed by atoms with Crippen molar-refractivity contribution in [3.8, 4) is 5.75 Å². The maximum absolute atomic E-state index is 12.7. The molecule has 8 nitrogen and oxygen atoms in total. The molecule has 0 bridgehead atoms. The number of methoxy groups -OCH3 is 1. The second-order valence-corrected chi connectivity index (χ2v) is 9.62. The van der Waals surface area contributed by atoms with Gasteiger partial charge in [0.25, 0.3) is 5.91 Å². The lowest BCUT2D eigenvalue weighted by Gasteiger charge is -2.25. The zero-order valence-electron chi connectivity index (χ0n) is 20.1. The van der Waals surface area contributed by atoms with Crippen LogP contribution in [0.3, 0.4) is 0 Å². The van der Waals surface area contributed by atoms with Crippen molar-refractivity contribution in [3.05, 3.63) is 65.5 Å². The highest BCUT2D eigenvalue weighted by Crippen LogP contribution is 2.32. The molecule has 184 valence electrons. The molecule has 35 heavy (non-hydrogen) atoms. The zero-order chi connectivity index (χ0) is 24.6. The molecule has 0 atom stereocenters. The van der Waals surface area contributed by atoms with Gasteiger partial charge in [0.2, 0.25) is 5.91 Å². The number of ether oxygens (including phenoxy) is 1.